The van der Waals surface area contributed by atoms with Gasteiger partial charge in [0.1, 0.15) is 13.2 Å². The molecule has 6 heteroatoms. The Bertz CT molecular complexity index is 860. The summed E-state index contributed by atoms with van der Waals surface area (Å²) in [4.78, 5) is 12.5. The van der Waals surface area contributed by atoms with Crippen LogP contribution in [0.4, 0.5) is 0 Å². The summed E-state index contributed by atoms with van der Waals surface area (Å²) in [5.74, 6) is 2.42. The highest BCUT2D eigenvalue weighted by Crippen LogP contribution is 2.37. The van der Waals surface area contributed by atoms with Crippen LogP contribution in [0, 0.1) is 0 Å². The molecule has 1 aliphatic rings. The third kappa shape index (κ3) is 4.63. The monoisotopic (exact) mass is 432 g/mol. The average Bonchev–Trinajstić information content (AvgIpc) is 2.70. The van der Waals surface area contributed by atoms with E-state index >= 15 is 0 Å². The van der Waals surface area contributed by atoms with E-state index in [9.17, 15) is 4.79 Å². The van der Waals surface area contributed by atoms with Gasteiger partial charge in [-0.05, 0) is 64.3 Å². The zero-order valence-corrected chi connectivity index (χ0v) is 16.9. The maximum atomic E-state index is 12.5. The van der Waals surface area contributed by atoms with Gasteiger partial charge in [0.05, 0.1) is 18.2 Å². The predicted octanol–water partition coefficient (Wildman–Crippen LogP) is 4.91. The number of fused-ring (bicyclic) bond motifs is 1. The minimum absolute atomic E-state index is 0.117. The van der Waals surface area contributed by atoms with Crippen LogP contribution < -0.4 is 18.9 Å². The topological polar surface area (TPSA) is 54.0 Å². The lowest BCUT2D eigenvalue weighted by atomic mass is 10.1. The van der Waals surface area contributed by atoms with Gasteiger partial charge in [0, 0.05) is 5.56 Å². The summed E-state index contributed by atoms with van der Waals surface area (Å²) in [6, 6.07) is 8.93. The fraction of sp³-hybridized carbons (Fsp3) is 0.286. The standard InChI is InChI=1S/C21H21BrO5/c1-3-8-27-21-16(22)11-14(12-20(21)24-2)4-6-17(23)15-5-7-18-19(13-15)26-10-9-25-18/h4-7,11-13H,3,8-10H2,1-2H3/b6-4+. The van der Waals surface area contributed by atoms with Crippen molar-refractivity contribution in [1.82, 2.24) is 0 Å². The van der Waals surface area contributed by atoms with E-state index in [1.165, 1.54) is 6.08 Å². The summed E-state index contributed by atoms with van der Waals surface area (Å²) in [7, 11) is 1.59. The van der Waals surface area contributed by atoms with Crippen LogP contribution in [-0.2, 0) is 0 Å². The van der Waals surface area contributed by atoms with Crippen molar-refractivity contribution >= 4 is 27.8 Å². The number of ether oxygens (including phenoxy) is 4. The van der Waals surface area contributed by atoms with Crippen molar-refractivity contribution in [2.24, 2.45) is 0 Å². The first-order valence-electron chi connectivity index (χ1n) is 8.74. The fourth-order valence-corrected chi connectivity index (χ4v) is 3.22. The van der Waals surface area contributed by atoms with E-state index in [0.29, 0.717) is 48.4 Å². The Kier molecular flexibility index (Phi) is 6.40. The SMILES string of the molecule is CCCOc1c(Br)cc(/C=C/C(=O)c2ccc3c(c2)OCCO3)cc1OC. The first-order valence-corrected chi connectivity index (χ1v) is 9.54. The summed E-state index contributed by atoms with van der Waals surface area (Å²) >= 11 is 3.51. The number of methoxy groups -OCH3 is 1. The van der Waals surface area contributed by atoms with Crippen LogP contribution in [0.15, 0.2) is 40.9 Å². The molecule has 142 valence electrons. The number of carbonyl (C=O) groups is 1. The Balaban J connectivity index is 1.79. The van der Waals surface area contributed by atoms with Crippen LogP contribution in [0.25, 0.3) is 6.08 Å². The number of allylic oxidation sites excluding steroid dienone is 1. The van der Waals surface area contributed by atoms with Gasteiger partial charge in [-0.25, -0.2) is 0 Å². The molecular weight excluding hydrogens is 412 g/mol. The predicted molar refractivity (Wildman–Crippen MR) is 107 cm³/mol. The van der Waals surface area contributed by atoms with Gasteiger partial charge in [-0.3, -0.25) is 4.79 Å². The molecule has 3 rings (SSSR count). The third-order valence-corrected chi connectivity index (χ3v) is 4.55. The molecule has 2 aromatic rings. The van der Waals surface area contributed by atoms with Crippen LogP contribution in [0.2, 0.25) is 0 Å². The van der Waals surface area contributed by atoms with Crippen molar-refractivity contribution in [3.05, 3.63) is 52.0 Å². The maximum absolute atomic E-state index is 12.5. The number of halogens is 1. The van der Waals surface area contributed by atoms with Crippen LogP contribution >= 0.6 is 15.9 Å². The molecule has 27 heavy (non-hydrogen) atoms. The minimum atomic E-state index is -0.117. The number of rotatable bonds is 7. The number of benzene rings is 2. The molecule has 0 saturated heterocycles. The van der Waals surface area contributed by atoms with Gasteiger partial charge in [-0.2, -0.15) is 0 Å². The lowest BCUT2D eigenvalue weighted by Gasteiger charge is -2.18. The quantitative estimate of drug-likeness (QED) is 0.459. The van der Waals surface area contributed by atoms with Crippen molar-refractivity contribution in [3.63, 3.8) is 0 Å². The van der Waals surface area contributed by atoms with Crippen molar-refractivity contribution in [3.8, 4) is 23.0 Å². The number of hydrogen-bond acceptors (Lipinski definition) is 5. The Morgan fingerprint density at radius 2 is 1.96 bits per heavy atom. The van der Waals surface area contributed by atoms with Gasteiger partial charge in [0.2, 0.25) is 0 Å². The van der Waals surface area contributed by atoms with E-state index in [4.69, 9.17) is 18.9 Å². The Labute approximate surface area is 167 Å². The molecule has 0 radical (unpaired) electrons. The van der Waals surface area contributed by atoms with Gasteiger partial charge < -0.3 is 18.9 Å². The second kappa shape index (κ2) is 8.95. The summed E-state index contributed by atoms with van der Waals surface area (Å²) in [6.07, 6.45) is 4.18. The number of hydrogen-bond donors (Lipinski definition) is 0. The van der Waals surface area contributed by atoms with Crippen LogP contribution in [0.3, 0.4) is 0 Å². The molecule has 0 unspecified atom stereocenters. The highest BCUT2D eigenvalue weighted by Gasteiger charge is 2.14. The first-order chi connectivity index (χ1) is 13.1. The zero-order chi connectivity index (χ0) is 19.2. The van der Waals surface area contributed by atoms with E-state index in [-0.39, 0.29) is 5.78 Å². The van der Waals surface area contributed by atoms with Crippen LogP contribution in [0.5, 0.6) is 23.0 Å². The summed E-state index contributed by atoms with van der Waals surface area (Å²) in [6.45, 7) is 3.66. The fourth-order valence-electron chi connectivity index (χ4n) is 2.64. The average molecular weight is 433 g/mol. The normalized spacial score (nSPS) is 12.9. The molecule has 0 aliphatic carbocycles. The Morgan fingerprint density at radius 1 is 1.19 bits per heavy atom. The number of carbonyl (C=O) groups excluding carboxylic acids is 1. The Morgan fingerprint density at radius 3 is 2.70 bits per heavy atom. The summed E-state index contributed by atoms with van der Waals surface area (Å²) in [5, 5.41) is 0. The second-order valence-corrected chi connectivity index (χ2v) is 6.79. The molecule has 0 saturated carbocycles. The van der Waals surface area contributed by atoms with E-state index in [1.54, 1.807) is 31.4 Å². The molecule has 0 bridgehead atoms. The second-order valence-electron chi connectivity index (χ2n) is 5.94. The van der Waals surface area contributed by atoms with Crippen LogP contribution in [-0.4, -0.2) is 32.7 Å². The lowest BCUT2D eigenvalue weighted by Crippen LogP contribution is -2.15. The smallest absolute Gasteiger partial charge is 0.185 e. The van der Waals surface area contributed by atoms with Crippen LogP contribution in [0.1, 0.15) is 29.3 Å². The Hall–Kier alpha value is -2.47. The van der Waals surface area contributed by atoms with Gasteiger partial charge in [-0.15, -0.1) is 0 Å². The van der Waals surface area contributed by atoms with E-state index < -0.39 is 0 Å². The molecule has 1 aliphatic heterocycles. The largest absolute Gasteiger partial charge is 0.493 e. The molecule has 0 atom stereocenters. The molecule has 0 N–H and O–H groups in total. The zero-order valence-electron chi connectivity index (χ0n) is 15.3. The molecule has 0 amide bonds. The molecule has 0 aromatic heterocycles. The van der Waals surface area contributed by atoms with Crippen molar-refractivity contribution < 1.29 is 23.7 Å². The lowest BCUT2D eigenvalue weighted by molar-refractivity contribution is 0.104. The van der Waals surface area contributed by atoms with Crippen molar-refractivity contribution in [2.45, 2.75) is 13.3 Å². The molecule has 0 spiro atoms. The highest BCUT2D eigenvalue weighted by molar-refractivity contribution is 9.10. The minimum Gasteiger partial charge on any atom is -0.493 e. The molecule has 5 nitrogen and oxygen atoms in total. The van der Waals surface area contributed by atoms with Gasteiger partial charge >= 0.3 is 0 Å². The van der Waals surface area contributed by atoms with E-state index in [0.717, 1.165) is 16.5 Å². The third-order valence-electron chi connectivity index (χ3n) is 3.96. The van der Waals surface area contributed by atoms with E-state index in [2.05, 4.69) is 15.9 Å². The number of ketones is 1. The van der Waals surface area contributed by atoms with Gasteiger partial charge in [0.15, 0.2) is 28.8 Å². The first kappa shape index (κ1) is 19.3. The maximum Gasteiger partial charge on any atom is 0.185 e. The molecular formula is C21H21BrO5. The van der Waals surface area contributed by atoms with E-state index in [1.807, 2.05) is 19.1 Å². The van der Waals surface area contributed by atoms with Crippen molar-refractivity contribution in [2.75, 3.05) is 26.9 Å². The molecule has 2 aromatic carbocycles. The summed E-state index contributed by atoms with van der Waals surface area (Å²) < 4.78 is 22.9. The van der Waals surface area contributed by atoms with Gasteiger partial charge in [0.25, 0.3) is 0 Å². The van der Waals surface area contributed by atoms with Gasteiger partial charge in [-0.1, -0.05) is 13.0 Å². The molecule has 0 fully saturated rings. The summed E-state index contributed by atoms with van der Waals surface area (Å²) in [5.41, 5.74) is 1.37. The highest BCUT2D eigenvalue weighted by atomic mass is 79.9. The molecule has 1 heterocycles. The van der Waals surface area contributed by atoms with Crippen molar-refractivity contribution in [1.29, 1.82) is 0 Å².